The fourth-order valence-electron chi connectivity index (χ4n) is 8.10. The van der Waals surface area contributed by atoms with E-state index in [0.29, 0.717) is 17.5 Å². The summed E-state index contributed by atoms with van der Waals surface area (Å²) >= 11 is 0. The average molecular weight is 710 g/mol. The molecule has 0 saturated heterocycles. The Morgan fingerprint density at radius 3 is 1.04 bits per heavy atom. The summed E-state index contributed by atoms with van der Waals surface area (Å²) in [5.41, 5.74) is 20.6. The molecule has 4 nitrogen and oxygen atoms in total. The number of rotatable bonds is 6. The molecule has 9 rings (SSSR count). The monoisotopic (exact) mass is 711 g/mol. The van der Waals surface area contributed by atoms with Crippen LogP contribution in [-0.2, 0) is 0 Å². The second-order valence-electron chi connectivity index (χ2n) is 15.0. The van der Waals surface area contributed by atoms with Crippen molar-refractivity contribution in [1.29, 1.82) is 0 Å². The smallest absolute Gasteiger partial charge is 0.164 e. The minimum Gasteiger partial charge on any atom is -0.457 e. The van der Waals surface area contributed by atoms with Crippen LogP contribution in [0.3, 0.4) is 0 Å². The zero-order valence-corrected chi connectivity index (χ0v) is 33.0. The van der Waals surface area contributed by atoms with E-state index in [9.17, 15) is 0 Å². The van der Waals surface area contributed by atoms with Crippen LogP contribution in [-0.4, -0.2) is 69.9 Å². The molecule has 11 heteroatoms. The van der Waals surface area contributed by atoms with Crippen LogP contribution < -0.4 is 38.2 Å². The van der Waals surface area contributed by atoms with E-state index in [-0.39, 0.29) is 0 Å². The first-order valence-electron chi connectivity index (χ1n) is 19.3. The van der Waals surface area contributed by atoms with Crippen molar-refractivity contribution in [2.75, 3.05) is 0 Å². The highest BCUT2D eigenvalue weighted by atomic mass is 16.3. The fourth-order valence-corrected chi connectivity index (χ4v) is 8.10. The summed E-state index contributed by atoms with van der Waals surface area (Å²) in [6.45, 7) is 0. The van der Waals surface area contributed by atoms with Crippen molar-refractivity contribution in [1.82, 2.24) is 15.0 Å². The van der Waals surface area contributed by atoms with E-state index < -0.39 is 0 Å². The van der Waals surface area contributed by atoms with Crippen molar-refractivity contribution in [3.8, 4) is 67.5 Å². The Kier molecular flexibility index (Phi) is 8.97. The van der Waals surface area contributed by atoms with E-state index >= 15 is 0 Å². The van der Waals surface area contributed by atoms with E-state index in [2.05, 4.69) is 176 Å². The van der Waals surface area contributed by atoms with Gasteiger partial charge in [-0.3, -0.25) is 0 Å². The minimum absolute atomic E-state index is 0.629. The maximum atomic E-state index is 6.77. The van der Waals surface area contributed by atoms with Crippen LogP contribution in [0.4, 0.5) is 0 Å². The standard InChI is InChI=1S/C45H36B7N3O/c46-34-31(32-33-35(47)36(48)38(50)40(52)42(33)56-41(32)39(51)37(34)49)27-15-21-30(22-16-27)45-54-43(28-17-11-25(12-18-28)23-7-3-1-4-8-23)53-44(55-45)29-19-13-26(14-20-29)24-9-5-2-6-10-24/h1-22H,46-52H2. The lowest BCUT2D eigenvalue weighted by Crippen LogP contribution is -2.47. The number of hydrogen-bond donors (Lipinski definition) is 0. The van der Waals surface area contributed by atoms with Crippen molar-refractivity contribution in [2.45, 2.75) is 0 Å². The van der Waals surface area contributed by atoms with Crippen LogP contribution in [0.5, 0.6) is 0 Å². The first kappa shape index (κ1) is 35.5. The van der Waals surface area contributed by atoms with Gasteiger partial charge in [0, 0.05) is 27.5 Å². The summed E-state index contributed by atoms with van der Waals surface area (Å²) in [6, 6.07) is 46.5. The first-order chi connectivity index (χ1) is 27.2. The van der Waals surface area contributed by atoms with Gasteiger partial charge in [-0.05, 0) is 33.4 Å². The zero-order chi connectivity index (χ0) is 38.7. The molecule has 0 radical (unpaired) electrons. The molecule has 0 aliphatic rings. The molecule has 0 bridgehead atoms. The molecule has 56 heavy (non-hydrogen) atoms. The molecule has 9 aromatic rings. The molecule has 2 heterocycles. The van der Waals surface area contributed by atoms with E-state index in [1.165, 1.54) is 65.7 Å². The Labute approximate surface area is 334 Å². The van der Waals surface area contributed by atoms with E-state index in [1.807, 2.05) is 12.1 Å². The molecule has 0 amide bonds. The molecule has 258 valence electrons. The number of furan rings is 1. The second-order valence-corrected chi connectivity index (χ2v) is 15.0. The summed E-state index contributed by atoms with van der Waals surface area (Å²) in [7, 11) is 15.5. The van der Waals surface area contributed by atoms with Gasteiger partial charge in [0.15, 0.2) is 17.5 Å². The molecule has 0 saturated carbocycles. The number of aromatic nitrogens is 3. The lowest BCUT2D eigenvalue weighted by Gasteiger charge is -2.16. The topological polar surface area (TPSA) is 51.8 Å². The second kappa shape index (κ2) is 14.1. The van der Waals surface area contributed by atoms with Gasteiger partial charge in [0.2, 0.25) is 0 Å². The van der Waals surface area contributed by atoms with Crippen LogP contribution in [0, 0.1) is 0 Å². The Morgan fingerprint density at radius 2 is 0.607 bits per heavy atom. The zero-order valence-electron chi connectivity index (χ0n) is 33.0. The number of hydrogen-bond acceptors (Lipinski definition) is 4. The van der Waals surface area contributed by atoms with Crippen LogP contribution in [0.25, 0.3) is 89.5 Å². The molecule has 0 spiro atoms. The quantitative estimate of drug-likeness (QED) is 0.221. The predicted octanol–water partition coefficient (Wildman–Crippen LogP) is -0.418. The maximum absolute atomic E-state index is 6.77. The van der Waals surface area contributed by atoms with Gasteiger partial charge in [0.1, 0.15) is 66.1 Å². The highest BCUT2D eigenvalue weighted by Gasteiger charge is 2.23. The number of benzene rings is 7. The molecule has 0 fully saturated rings. The van der Waals surface area contributed by atoms with Gasteiger partial charge in [-0.1, -0.05) is 166 Å². The van der Waals surface area contributed by atoms with E-state index in [0.717, 1.165) is 44.5 Å². The third-order valence-electron chi connectivity index (χ3n) is 12.0. The fraction of sp³-hybridized carbons (Fsp3) is 0. The molecule has 0 unspecified atom stereocenters. The minimum atomic E-state index is 0.629. The number of fused-ring (bicyclic) bond motifs is 3. The van der Waals surface area contributed by atoms with Gasteiger partial charge < -0.3 is 4.42 Å². The van der Waals surface area contributed by atoms with Gasteiger partial charge in [0.25, 0.3) is 0 Å². The van der Waals surface area contributed by atoms with Gasteiger partial charge in [-0.25, -0.2) is 15.0 Å². The van der Waals surface area contributed by atoms with E-state index in [4.69, 9.17) is 19.4 Å². The third kappa shape index (κ3) is 6.03. The lowest BCUT2D eigenvalue weighted by molar-refractivity contribution is 0.675. The SMILES string of the molecule is Bc1c(B)c(B)c2c(oc3c(B)c(B)c(B)c(-c4ccc(-c5nc(-c6ccc(-c7ccccc7)cc6)nc(-c6ccc(-c7ccccc7)cc6)n5)cc4)c32)c1B. The Morgan fingerprint density at radius 1 is 0.286 bits per heavy atom. The average Bonchev–Trinajstić information content (AvgIpc) is 3.66. The summed E-state index contributed by atoms with van der Waals surface area (Å²) < 4.78 is 6.77. The van der Waals surface area contributed by atoms with Crippen molar-refractivity contribution < 1.29 is 4.42 Å². The molecule has 0 atom stereocenters. The van der Waals surface area contributed by atoms with Gasteiger partial charge in [-0.2, -0.15) is 0 Å². The summed E-state index contributed by atoms with van der Waals surface area (Å²) in [5.74, 6) is 1.90. The van der Waals surface area contributed by atoms with E-state index in [1.54, 1.807) is 0 Å². The van der Waals surface area contributed by atoms with Crippen molar-refractivity contribution in [3.63, 3.8) is 0 Å². The third-order valence-corrected chi connectivity index (χ3v) is 12.0. The number of nitrogens with zero attached hydrogens (tertiary/aromatic N) is 3. The molecule has 0 N–H and O–H groups in total. The highest BCUT2D eigenvalue weighted by Crippen LogP contribution is 2.34. The Balaban J connectivity index is 1.17. The largest absolute Gasteiger partial charge is 0.457 e. The molecule has 0 aliphatic heterocycles. The van der Waals surface area contributed by atoms with Crippen LogP contribution >= 0.6 is 0 Å². The maximum Gasteiger partial charge on any atom is 0.164 e. The van der Waals surface area contributed by atoms with Crippen molar-refractivity contribution in [3.05, 3.63) is 133 Å². The Hall–Kier alpha value is -6.20. The first-order valence-corrected chi connectivity index (χ1v) is 19.3. The van der Waals surface area contributed by atoms with Crippen LogP contribution in [0.1, 0.15) is 0 Å². The summed E-state index contributed by atoms with van der Waals surface area (Å²) in [6.07, 6.45) is 0. The molecular formula is C45H36B7N3O. The normalized spacial score (nSPS) is 11.4. The van der Waals surface area contributed by atoms with Crippen LogP contribution in [0.15, 0.2) is 138 Å². The molecular weight excluding hydrogens is 674 g/mol. The van der Waals surface area contributed by atoms with Crippen molar-refractivity contribution in [2.24, 2.45) is 0 Å². The highest BCUT2D eigenvalue weighted by molar-refractivity contribution is 6.68. The lowest BCUT2D eigenvalue weighted by atomic mass is 9.64. The van der Waals surface area contributed by atoms with Gasteiger partial charge in [-0.15, -0.1) is 5.46 Å². The van der Waals surface area contributed by atoms with Crippen molar-refractivity contribution >= 4 is 115 Å². The summed E-state index contributed by atoms with van der Waals surface area (Å²) in [4.78, 5) is 15.2. The Bertz CT molecular complexity index is 2850. The summed E-state index contributed by atoms with van der Waals surface area (Å²) in [5, 5.41) is 2.41. The predicted molar refractivity (Wildman–Crippen MR) is 257 cm³/mol. The molecule has 0 aliphatic carbocycles. The van der Waals surface area contributed by atoms with Gasteiger partial charge in [0.05, 0.1) is 0 Å². The van der Waals surface area contributed by atoms with Crippen LogP contribution in [0.2, 0.25) is 0 Å². The molecule has 7 aromatic carbocycles. The van der Waals surface area contributed by atoms with Gasteiger partial charge >= 0.3 is 0 Å². The molecule has 2 aromatic heterocycles.